The van der Waals surface area contributed by atoms with Gasteiger partial charge in [-0.3, -0.25) is 0 Å². The number of fused-ring (bicyclic) bond motifs is 3. The zero-order chi connectivity index (χ0) is 16.1. The van der Waals surface area contributed by atoms with E-state index in [0.717, 1.165) is 34.3 Å². The first-order valence-electron chi connectivity index (χ1n) is 8.44. The lowest BCUT2D eigenvalue weighted by molar-refractivity contribution is 0.439. The molecule has 0 radical (unpaired) electrons. The number of hydrogen-bond donors (Lipinski definition) is 3. The Morgan fingerprint density at radius 3 is 2.96 bits per heavy atom. The van der Waals surface area contributed by atoms with Gasteiger partial charge >= 0.3 is 0 Å². The number of rotatable bonds is 3. The first kappa shape index (κ1) is 13.7. The summed E-state index contributed by atoms with van der Waals surface area (Å²) in [6.07, 6.45) is 12.1. The molecule has 0 aliphatic heterocycles. The number of anilines is 2. The van der Waals surface area contributed by atoms with Crippen LogP contribution in [0.5, 0.6) is 0 Å². The van der Waals surface area contributed by atoms with Crippen molar-refractivity contribution in [3.8, 4) is 11.4 Å². The minimum absolute atomic E-state index is 0.486. The van der Waals surface area contributed by atoms with E-state index in [1.807, 2.05) is 6.20 Å². The molecule has 2 aliphatic rings. The van der Waals surface area contributed by atoms with E-state index < -0.39 is 0 Å². The lowest BCUT2D eigenvalue weighted by atomic mass is 9.95. The Bertz CT molecular complexity index is 903. The molecular formula is C17H19N7. The quantitative estimate of drug-likeness (QED) is 0.685. The third kappa shape index (κ3) is 2.11. The number of nitrogens with zero attached hydrogens (tertiary/aromatic N) is 4. The van der Waals surface area contributed by atoms with Crippen molar-refractivity contribution in [3.63, 3.8) is 0 Å². The molecule has 0 amide bonds. The molecule has 3 unspecified atom stereocenters. The van der Waals surface area contributed by atoms with E-state index >= 15 is 0 Å². The van der Waals surface area contributed by atoms with Gasteiger partial charge in [0.05, 0.1) is 11.9 Å². The second-order valence-corrected chi connectivity index (χ2v) is 6.91. The molecule has 3 atom stereocenters. The maximum atomic E-state index is 6.11. The van der Waals surface area contributed by atoms with E-state index in [4.69, 9.17) is 5.73 Å². The fourth-order valence-corrected chi connectivity index (χ4v) is 4.28. The van der Waals surface area contributed by atoms with E-state index in [-0.39, 0.29) is 0 Å². The number of hydrogen-bond acceptors (Lipinski definition) is 6. The summed E-state index contributed by atoms with van der Waals surface area (Å²) in [4.78, 5) is 20.5. The van der Waals surface area contributed by atoms with Gasteiger partial charge in [-0.15, -0.1) is 0 Å². The normalized spacial score (nSPS) is 25.4. The molecule has 2 aliphatic carbocycles. The Morgan fingerprint density at radius 1 is 1.17 bits per heavy atom. The molecule has 7 heteroatoms. The van der Waals surface area contributed by atoms with Gasteiger partial charge in [0.15, 0.2) is 11.6 Å². The first-order chi connectivity index (χ1) is 11.8. The zero-order valence-electron chi connectivity index (χ0n) is 13.2. The van der Waals surface area contributed by atoms with Gasteiger partial charge in [-0.05, 0) is 31.1 Å². The van der Waals surface area contributed by atoms with E-state index in [2.05, 4.69) is 30.2 Å². The standard InChI is InChI=1S/C17H19N7/c18-13-7-21-16(12-6-20-15-11(12)5-19-8-22-15)24-17(13)23-14-4-9-1-2-10(14)3-9/h5-10,14H,1-4,18H2,(H,19,20,22)(H,21,23,24). The summed E-state index contributed by atoms with van der Waals surface area (Å²) in [6, 6.07) is 0.486. The number of aromatic amines is 1. The third-order valence-electron chi connectivity index (χ3n) is 5.47. The van der Waals surface area contributed by atoms with E-state index in [0.29, 0.717) is 17.6 Å². The minimum atomic E-state index is 0.486. The monoisotopic (exact) mass is 321 g/mol. The van der Waals surface area contributed by atoms with Gasteiger partial charge in [-0.2, -0.15) is 0 Å². The molecule has 4 N–H and O–H groups in total. The van der Waals surface area contributed by atoms with Crippen molar-refractivity contribution in [2.45, 2.75) is 31.7 Å². The SMILES string of the molecule is Nc1cnc(-c2c[nH]c3ncncc23)nc1NC1CC2CCC1C2. The summed E-state index contributed by atoms with van der Waals surface area (Å²) in [5, 5.41) is 4.48. The molecule has 2 bridgehead atoms. The lowest BCUT2D eigenvalue weighted by Gasteiger charge is -2.24. The van der Waals surface area contributed by atoms with Crippen LogP contribution in [-0.4, -0.2) is 31.0 Å². The molecule has 0 aromatic carbocycles. The zero-order valence-corrected chi connectivity index (χ0v) is 13.2. The Kier molecular flexibility index (Phi) is 2.95. The minimum Gasteiger partial charge on any atom is -0.394 e. The van der Waals surface area contributed by atoms with Gasteiger partial charge in [-0.25, -0.2) is 19.9 Å². The van der Waals surface area contributed by atoms with Gasteiger partial charge in [0.2, 0.25) is 0 Å². The molecule has 5 rings (SSSR count). The largest absolute Gasteiger partial charge is 0.394 e. The van der Waals surface area contributed by atoms with Gasteiger partial charge < -0.3 is 16.0 Å². The molecule has 7 nitrogen and oxygen atoms in total. The Morgan fingerprint density at radius 2 is 2.12 bits per heavy atom. The predicted molar refractivity (Wildman–Crippen MR) is 92.2 cm³/mol. The molecule has 3 heterocycles. The van der Waals surface area contributed by atoms with Crippen molar-refractivity contribution >= 4 is 22.5 Å². The van der Waals surface area contributed by atoms with Crippen LogP contribution in [0.15, 0.2) is 24.9 Å². The smallest absolute Gasteiger partial charge is 0.163 e. The number of H-pyrrole nitrogens is 1. The molecular weight excluding hydrogens is 302 g/mol. The average molecular weight is 321 g/mol. The van der Waals surface area contributed by atoms with Crippen LogP contribution in [0.25, 0.3) is 22.4 Å². The highest BCUT2D eigenvalue weighted by Gasteiger charge is 2.39. The molecule has 24 heavy (non-hydrogen) atoms. The van der Waals surface area contributed by atoms with Crippen molar-refractivity contribution in [2.75, 3.05) is 11.1 Å². The summed E-state index contributed by atoms with van der Waals surface area (Å²) in [5.41, 5.74) is 8.38. The summed E-state index contributed by atoms with van der Waals surface area (Å²) >= 11 is 0. The third-order valence-corrected chi connectivity index (χ3v) is 5.47. The van der Waals surface area contributed by atoms with E-state index in [1.165, 1.54) is 32.0 Å². The molecule has 2 saturated carbocycles. The highest BCUT2D eigenvalue weighted by atomic mass is 15.1. The van der Waals surface area contributed by atoms with Crippen molar-refractivity contribution < 1.29 is 0 Å². The van der Waals surface area contributed by atoms with Crippen LogP contribution in [0.2, 0.25) is 0 Å². The van der Waals surface area contributed by atoms with Crippen LogP contribution >= 0.6 is 0 Å². The van der Waals surface area contributed by atoms with Crippen molar-refractivity contribution in [3.05, 3.63) is 24.9 Å². The van der Waals surface area contributed by atoms with E-state index in [9.17, 15) is 0 Å². The van der Waals surface area contributed by atoms with Crippen LogP contribution < -0.4 is 11.1 Å². The number of nitrogens with two attached hydrogens (primary N) is 1. The van der Waals surface area contributed by atoms with Gasteiger partial charge in [0.1, 0.15) is 12.0 Å². The molecule has 3 aromatic heterocycles. The van der Waals surface area contributed by atoms with Crippen LogP contribution in [0.3, 0.4) is 0 Å². The maximum absolute atomic E-state index is 6.11. The maximum Gasteiger partial charge on any atom is 0.163 e. The van der Waals surface area contributed by atoms with Crippen LogP contribution in [0.1, 0.15) is 25.7 Å². The molecule has 0 spiro atoms. The summed E-state index contributed by atoms with van der Waals surface area (Å²) < 4.78 is 0. The van der Waals surface area contributed by atoms with Crippen LogP contribution in [0.4, 0.5) is 11.5 Å². The first-order valence-corrected chi connectivity index (χ1v) is 8.44. The summed E-state index contributed by atoms with van der Waals surface area (Å²) in [6.45, 7) is 0. The fourth-order valence-electron chi connectivity index (χ4n) is 4.28. The second kappa shape index (κ2) is 5.15. The van der Waals surface area contributed by atoms with Crippen LogP contribution in [-0.2, 0) is 0 Å². The van der Waals surface area contributed by atoms with E-state index in [1.54, 1.807) is 12.4 Å². The van der Waals surface area contributed by atoms with Crippen molar-refractivity contribution in [1.82, 2.24) is 24.9 Å². The molecule has 122 valence electrons. The lowest BCUT2D eigenvalue weighted by Crippen LogP contribution is -2.27. The highest BCUT2D eigenvalue weighted by molar-refractivity contribution is 5.91. The molecule has 3 aromatic rings. The van der Waals surface area contributed by atoms with Crippen molar-refractivity contribution in [2.24, 2.45) is 11.8 Å². The molecule has 0 saturated heterocycles. The fraction of sp³-hybridized carbons (Fsp3) is 0.412. The Hall–Kier alpha value is -2.70. The predicted octanol–water partition coefficient (Wildman–Crippen LogP) is 2.60. The van der Waals surface area contributed by atoms with Crippen LogP contribution in [0, 0.1) is 11.8 Å². The van der Waals surface area contributed by atoms with Gasteiger partial charge in [0.25, 0.3) is 0 Å². The number of aromatic nitrogens is 5. The Labute approximate surface area is 139 Å². The highest BCUT2D eigenvalue weighted by Crippen LogP contribution is 2.45. The number of nitrogen functional groups attached to an aromatic ring is 1. The summed E-state index contributed by atoms with van der Waals surface area (Å²) in [7, 11) is 0. The van der Waals surface area contributed by atoms with Gasteiger partial charge in [-0.1, -0.05) is 6.42 Å². The summed E-state index contributed by atoms with van der Waals surface area (Å²) in [5.74, 6) is 3.01. The molecule has 2 fully saturated rings. The number of nitrogens with one attached hydrogen (secondary N) is 2. The topological polar surface area (TPSA) is 105 Å². The Balaban J connectivity index is 1.50. The van der Waals surface area contributed by atoms with Gasteiger partial charge in [0, 0.05) is 29.4 Å². The van der Waals surface area contributed by atoms with Crippen molar-refractivity contribution in [1.29, 1.82) is 0 Å². The second-order valence-electron chi connectivity index (χ2n) is 6.91. The average Bonchev–Trinajstić information content (AvgIpc) is 3.31.